The lowest BCUT2D eigenvalue weighted by atomic mass is 9.68. The van der Waals surface area contributed by atoms with Crippen LogP contribution in [0.3, 0.4) is 0 Å². The summed E-state index contributed by atoms with van der Waals surface area (Å²) in [5.74, 6) is -3.30. The fourth-order valence-electron chi connectivity index (χ4n) is 8.19. The molecule has 6 unspecified atom stereocenters. The summed E-state index contributed by atoms with van der Waals surface area (Å²) in [6.45, 7) is 0.221. The summed E-state index contributed by atoms with van der Waals surface area (Å²) in [5.41, 5.74) is 0.158. The number of imide groups is 1. The van der Waals surface area contributed by atoms with Gasteiger partial charge < -0.3 is 9.72 Å². The summed E-state index contributed by atoms with van der Waals surface area (Å²) < 4.78 is 48.3. The Hall–Kier alpha value is -3.25. The zero-order chi connectivity index (χ0) is 32.1. The molecule has 6 nitrogen and oxygen atoms in total. The fourth-order valence-corrected chi connectivity index (χ4v) is 11.5. The monoisotopic (exact) mass is 702 g/mol. The van der Waals surface area contributed by atoms with Crippen molar-refractivity contribution in [1.29, 1.82) is 0 Å². The molecule has 7 atom stereocenters. The van der Waals surface area contributed by atoms with Crippen molar-refractivity contribution >= 4 is 63.8 Å². The van der Waals surface area contributed by atoms with Crippen molar-refractivity contribution < 1.29 is 27.5 Å². The number of hydrogen-bond acceptors (Lipinski definition) is 6. The summed E-state index contributed by atoms with van der Waals surface area (Å²) in [4.78, 5) is 45.0. The number of carbonyl (C=O) groups is 2. The lowest BCUT2D eigenvalue weighted by molar-refractivity contribution is -0.137. The molecule has 2 aliphatic carbocycles. The molecule has 236 valence electrons. The topological polar surface area (TPSA) is 79.5 Å². The number of para-hydroxylation sites is 1. The number of nitrogens with zero attached hydrogens (tertiary/aromatic N) is 1. The number of ether oxygens (including phenoxy) is 1. The molecule has 13 heteroatoms. The first-order valence-corrected chi connectivity index (χ1v) is 17.1. The van der Waals surface area contributed by atoms with Gasteiger partial charge in [-0.05, 0) is 72.2 Å². The Morgan fingerprint density at radius 3 is 2.41 bits per heavy atom. The fraction of sp³-hybridized carbons (Fsp3) is 0.303. The van der Waals surface area contributed by atoms with Gasteiger partial charge in [0.05, 0.1) is 28.1 Å². The van der Waals surface area contributed by atoms with Crippen LogP contribution in [0.1, 0.15) is 33.9 Å². The van der Waals surface area contributed by atoms with Crippen LogP contribution in [0.15, 0.2) is 76.6 Å². The second-order valence-electron chi connectivity index (χ2n) is 12.1. The van der Waals surface area contributed by atoms with Crippen LogP contribution in [0.2, 0.25) is 10.0 Å². The highest BCUT2D eigenvalue weighted by molar-refractivity contribution is 8.00. The number of aromatic nitrogens is 1. The average molecular weight is 704 g/mol. The number of carbonyl (C=O) groups excluding carboxylic acids is 2. The van der Waals surface area contributed by atoms with E-state index in [2.05, 4.69) is 4.98 Å². The predicted molar refractivity (Wildman–Crippen MR) is 170 cm³/mol. The van der Waals surface area contributed by atoms with Gasteiger partial charge in [-0.1, -0.05) is 58.8 Å². The van der Waals surface area contributed by atoms with Gasteiger partial charge in [0.25, 0.3) is 0 Å². The Kier molecular flexibility index (Phi) is 7.13. The highest BCUT2D eigenvalue weighted by Gasteiger charge is 2.70. The van der Waals surface area contributed by atoms with Gasteiger partial charge in [-0.3, -0.25) is 14.4 Å². The highest BCUT2D eigenvalue weighted by atomic mass is 35.5. The van der Waals surface area contributed by atoms with Crippen molar-refractivity contribution in [3.05, 3.63) is 108 Å². The van der Waals surface area contributed by atoms with Crippen LogP contribution in [0, 0.1) is 29.6 Å². The van der Waals surface area contributed by atoms with Gasteiger partial charge in [0.15, 0.2) is 0 Å². The van der Waals surface area contributed by atoms with Crippen LogP contribution < -0.4 is 14.5 Å². The van der Waals surface area contributed by atoms with Crippen LogP contribution >= 0.6 is 46.3 Å². The first-order valence-electron chi connectivity index (χ1n) is 14.6. The number of fused-ring (bicyclic) bond motifs is 9. The Morgan fingerprint density at radius 2 is 1.65 bits per heavy atom. The van der Waals surface area contributed by atoms with Crippen molar-refractivity contribution in [1.82, 2.24) is 4.98 Å². The number of halogens is 5. The molecule has 2 amide bonds. The standard InChI is InChI=1S/C33H23Cl2F3N2O4S2/c34-15-5-3-4-14(10-15)13-44-22-9-8-16(35)11-17(22)23-24-18-12-19(27(24)45-29-28(23)46-32(43)39-29)26-25(18)30(41)40(31(26)42)21-7-2-1-6-20(21)33(36,37)38/h1-11,18-19,23-27H,12-13H2,(H,39,43)/t18?,19?,23-,24?,25?,26?,27?/m1/s1. The van der Waals surface area contributed by atoms with Gasteiger partial charge in [-0.25, -0.2) is 4.90 Å². The van der Waals surface area contributed by atoms with E-state index in [-0.39, 0.29) is 34.5 Å². The summed E-state index contributed by atoms with van der Waals surface area (Å²) in [6.07, 6.45) is -4.16. The van der Waals surface area contributed by atoms with Crippen LogP contribution in [-0.4, -0.2) is 22.0 Å². The third-order valence-corrected chi connectivity index (χ3v) is 12.8. The van der Waals surface area contributed by atoms with Crippen molar-refractivity contribution in [3.63, 3.8) is 0 Å². The number of hydrogen-bond donors (Lipinski definition) is 1. The Morgan fingerprint density at radius 1 is 0.913 bits per heavy atom. The smallest absolute Gasteiger partial charge is 0.418 e. The number of H-pyrrole nitrogens is 1. The quantitative estimate of drug-likeness (QED) is 0.213. The van der Waals surface area contributed by atoms with E-state index in [4.69, 9.17) is 27.9 Å². The number of benzene rings is 3. The number of amides is 2. The van der Waals surface area contributed by atoms with Gasteiger partial charge in [-0.15, -0.1) is 11.8 Å². The lowest BCUT2D eigenvalue weighted by Gasteiger charge is -2.43. The molecule has 0 radical (unpaired) electrons. The van der Waals surface area contributed by atoms with E-state index in [0.29, 0.717) is 27.2 Å². The minimum Gasteiger partial charge on any atom is -0.489 e. The minimum atomic E-state index is -4.74. The second kappa shape index (κ2) is 10.9. The second-order valence-corrected chi connectivity index (χ2v) is 15.2. The van der Waals surface area contributed by atoms with E-state index >= 15 is 0 Å². The number of nitrogens with one attached hydrogen (secondary N) is 1. The van der Waals surface area contributed by atoms with E-state index in [0.717, 1.165) is 38.3 Å². The number of alkyl halides is 3. The predicted octanol–water partition coefficient (Wildman–Crippen LogP) is 8.02. The van der Waals surface area contributed by atoms with Crippen LogP contribution in [-0.2, 0) is 22.4 Å². The number of aromatic amines is 1. The van der Waals surface area contributed by atoms with E-state index in [1.165, 1.54) is 30.0 Å². The molecule has 4 aliphatic rings. The maximum absolute atomic E-state index is 14.1. The van der Waals surface area contributed by atoms with Gasteiger partial charge in [0.2, 0.25) is 11.8 Å². The van der Waals surface area contributed by atoms with Crippen LogP contribution in [0.25, 0.3) is 0 Å². The third kappa shape index (κ3) is 4.64. The Labute approximate surface area is 278 Å². The SMILES string of the molecule is O=C1C2C3CC(C2C(=O)N1c1ccccc1C(F)(F)F)C1C3Sc2[nH]c(=O)sc2[C@@H]1c1cc(Cl)ccc1OCc1cccc(Cl)c1. The van der Waals surface area contributed by atoms with Crippen LogP contribution in [0.4, 0.5) is 18.9 Å². The summed E-state index contributed by atoms with van der Waals surface area (Å²) in [7, 11) is 0. The van der Waals surface area contributed by atoms with Gasteiger partial charge in [-0.2, -0.15) is 13.2 Å². The first kappa shape index (κ1) is 30.1. The molecule has 3 heterocycles. The number of thiazole rings is 1. The summed E-state index contributed by atoms with van der Waals surface area (Å²) in [6, 6.07) is 17.3. The molecule has 1 aromatic heterocycles. The maximum Gasteiger partial charge on any atom is 0.418 e. The molecule has 1 N–H and O–H groups in total. The maximum atomic E-state index is 14.1. The van der Waals surface area contributed by atoms with E-state index in [9.17, 15) is 27.6 Å². The molecular formula is C33H23Cl2F3N2O4S2. The molecule has 3 aromatic carbocycles. The molecule has 0 spiro atoms. The number of rotatable bonds is 5. The molecule has 3 fully saturated rings. The molecule has 2 bridgehead atoms. The Balaban J connectivity index is 1.20. The van der Waals surface area contributed by atoms with Gasteiger partial charge in [0.1, 0.15) is 12.4 Å². The largest absolute Gasteiger partial charge is 0.489 e. The first-order chi connectivity index (χ1) is 22.0. The highest BCUT2D eigenvalue weighted by Crippen LogP contribution is 2.69. The molecule has 1 saturated heterocycles. The molecule has 2 saturated carbocycles. The molecule has 2 aliphatic heterocycles. The summed E-state index contributed by atoms with van der Waals surface area (Å²) >= 11 is 15.3. The number of anilines is 1. The van der Waals surface area contributed by atoms with Gasteiger partial charge in [0, 0.05) is 31.7 Å². The third-order valence-electron chi connectivity index (χ3n) is 9.76. The van der Waals surface area contributed by atoms with E-state index in [1.807, 2.05) is 24.3 Å². The average Bonchev–Trinajstić information content (AvgIpc) is 3.75. The van der Waals surface area contributed by atoms with Crippen molar-refractivity contribution in [2.24, 2.45) is 29.6 Å². The molecule has 4 aromatic rings. The summed E-state index contributed by atoms with van der Waals surface area (Å²) in [5, 5.41) is 1.57. The molecular weight excluding hydrogens is 680 g/mol. The van der Waals surface area contributed by atoms with Crippen LogP contribution in [0.5, 0.6) is 5.75 Å². The zero-order valence-electron chi connectivity index (χ0n) is 23.6. The van der Waals surface area contributed by atoms with E-state index in [1.54, 1.807) is 18.2 Å². The minimum absolute atomic E-state index is 0.164. The number of thioether (sulfide) groups is 1. The van der Waals surface area contributed by atoms with Gasteiger partial charge >= 0.3 is 11.0 Å². The van der Waals surface area contributed by atoms with Crippen molar-refractivity contribution in [3.8, 4) is 5.75 Å². The normalized spacial score (nSPS) is 27.9. The van der Waals surface area contributed by atoms with Crippen molar-refractivity contribution in [2.75, 3.05) is 4.90 Å². The van der Waals surface area contributed by atoms with Crippen molar-refractivity contribution in [2.45, 2.75) is 35.4 Å². The zero-order valence-corrected chi connectivity index (χ0v) is 26.7. The molecule has 8 rings (SSSR count). The molecule has 46 heavy (non-hydrogen) atoms. The lowest BCUT2D eigenvalue weighted by Crippen LogP contribution is -2.42. The van der Waals surface area contributed by atoms with E-state index < -0.39 is 47.0 Å². The Bertz CT molecular complexity index is 1980.